The van der Waals surface area contributed by atoms with Crippen LogP contribution in [0.15, 0.2) is 84.0 Å². The van der Waals surface area contributed by atoms with Gasteiger partial charge in [0.05, 0.1) is 5.75 Å². The molecule has 0 unspecified atom stereocenters. The lowest BCUT2D eigenvalue weighted by Gasteiger charge is -2.10. The van der Waals surface area contributed by atoms with Crippen LogP contribution in [0.3, 0.4) is 0 Å². The van der Waals surface area contributed by atoms with Gasteiger partial charge in [-0.25, -0.2) is 4.39 Å². The van der Waals surface area contributed by atoms with E-state index in [9.17, 15) is 9.18 Å². The van der Waals surface area contributed by atoms with Crippen molar-refractivity contribution in [1.82, 2.24) is 14.8 Å². The zero-order valence-electron chi connectivity index (χ0n) is 16.5. The van der Waals surface area contributed by atoms with Crippen molar-refractivity contribution in [1.29, 1.82) is 0 Å². The lowest BCUT2D eigenvalue weighted by Crippen LogP contribution is -2.05. The average molecular weight is 418 g/mol. The zero-order valence-corrected chi connectivity index (χ0v) is 17.3. The molecule has 4 nitrogen and oxygen atoms in total. The van der Waals surface area contributed by atoms with Crippen LogP contribution in [0.1, 0.15) is 22.8 Å². The van der Waals surface area contributed by atoms with Gasteiger partial charge in [0.2, 0.25) is 0 Å². The summed E-state index contributed by atoms with van der Waals surface area (Å²) >= 11 is 1.34. The number of aromatic nitrogens is 3. The minimum absolute atomic E-state index is 0.0357. The second-order valence-corrected chi connectivity index (χ2v) is 7.69. The van der Waals surface area contributed by atoms with Gasteiger partial charge in [0, 0.05) is 16.8 Å². The van der Waals surface area contributed by atoms with Crippen LogP contribution in [-0.4, -0.2) is 26.3 Å². The molecule has 0 N–H and O–H groups in total. The fraction of sp³-hybridized carbons (Fsp3) is 0.125. The molecule has 6 heteroatoms. The Morgan fingerprint density at radius 3 is 2.30 bits per heavy atom. The number of carbonyl (C=O) groups is 1. The highest BCUT2D eigenvalue weighted by Gasteiger charge is 2.17. The fourth-order valence-electron chi connectivity index (χ4n) is 3.10. The fourth-order valence-corrected chi connectivity index (χ4v) is 3.95. The van der Waals surface area contributed by atoms with Gasteiger partial charge in [-0.1, -0.05) is 61.2 Å². The molecule has 0 fully saturated rings. The number of halogens is 1. The maximum Gasteiger partial charge on any atom is 0.196 e. The van der Waals surface area contributed by atoms with E-state index in [1.165, 1.54) is 29.5 Å². The molecule has 30 heavy (non-hydrogen) atoms. The lowest BCUT2D eigenvalue weighted by molar-refractivity contribution is 0.102. The average Bonchev–Trinajstić information content (AvgIpc) is 3.22. The third-order valence-corrected chi connectivity index (χ3v) is 5.70. The van der Waals surface area contributed by atoms with Crippen molar-refractivity contribution in [3.8, 4) is 17.1 Å². The zero-order chi connectivity index (χ0) is 20.9. The Morgan fingerprint density at radius 1 is 0.933 bits per heavy atom. The quantitative estimate of drug-likeness (QED) is 0.290. The van der Waals surface area contributed by atoms with Crippen LogP contribution < -0.4 is 0 Å². The number of Topliss-reactive ketones (excluding diaryl/α,β-unsaturated/α-hetero) is 1. The minimum Gasteiger partial charge on any atom is -0.293 e. The van der Waals surface area contributed by atoms with Gasteiger partial charge in [-0.05, 0) is 48.4 Å². The third kappa shape index (κ3) is 4.33. The predicted molar refractivity (Wildman–Crippen MR) is 118 cm³/mol. The molecule has 0 spiro atoms. The van der Waals surface area contributed by atoms with Crippen molar-refractivity contribution in [3.63, 3.8) is 0 Å². The molecule has 0 bridgehead atoms. The molecular formula is C24H20FN3OS. The summed E-state index contributed by atoms with van der Waals surface area (Å²) < 4.78 is 15.3. The molecule has 0 radical (unpaired) electrons. The molecule has 4 aromatic rings. The summed E-state index contributed by atoms with van der Waals surface area (Å²) in [5, 5.41) is 9.25. The Balaban J connectivity index is 1.62. The van der Waals surface area contributed by atoms with Gasteiger partial charge in [-0.3, -0.25) is 9.36 Å². The van der Waals surface area contributed by atoms with Gasteiger partial charge in [0.1, 0.15) is 5.82 Å². The number of rotatable bonds is 7. The Kier molecular flexibility index (Phi) is 6.05. The first-order chi connectivity index (χ1) is 14.7. The summed E-state index contributed by atoms with van der Waals surface area (Å²) in [5.74, 6) is 0.579. The maximum absolute atomic E-state index is 13.4. The highest BCUT2D eigenvalue weighted by atomic mass is 32.2. The van der Waals surface area contributed by atoms with Crippen LogP contribution in [0.25, 0.3) is 17.1 Å². The van der Waals surface area contributed by atoms with E-state index in [2.05, 4.69) is 17.1 Å². The summed E-state index contributed by atoms with van der Waals surface area (Å²) in [4.78, 5) is 12.7. The second-order valence-electron chi connectivity index (χ2n) is 6.75. The van der Waals surface area contributed by atoms with Crippen LogP contribution in [0.5, 0.6) is 0 Å². The molecule has 3 aromatic carbocycles. The van der Waals surface area contributed by atoms with E-state index in [4.69, 9.17) is 0 Å². The van der Waals surface area contributed by atoms with Crippen molar-refractivity contribution >= 4 is 17.5 Å². The second kappa shape index (κ2) is 9.05. The summed E-state index contributed by atoms with van der Waals surface area (Å²) in [7, 11) is 0. The number of benzene rings is 3. The van der Waals surface area contributed by atoms with E-state index in [0.29, 0.717) is 16.5 Å². The number of aryl methyl sites for hydroxylation is 1. The molecule has 4 rings (SSSR count). The molecule has 150 valence electrons. The van der Waals surface area contributed by atoms with Crippen molar-refractivity contribution in [2.45, 2.75) is 18.5 Å². The third-order valence-electron chi connectivity index (χ3n) is 4.77. The van der Waals surface area contributed by atoms with Crippen LogP contribution >= 0.6 is 11.8 Å². The highest BCUT2D eigenvalue weighted by Crippen LogP contribution is 2.28. The maximum atomic E-state index is 13.4. The summed E-state index contributed by atoms with van der Waals surface area (Å²) in [5.41, 5.74) is 3.52. The largest absolute Gasteiger partial charge is 0.293 e. The molecule has 0 aliphatic rings. The van der Waals surface area contributed by atoms with E-state index in [0.717, 1.165) is 17.7 Å². The van der Waals surface area contributed by atoms with Gasteiger partial charge in [-0.2, -0.15) is 0 Å². The van der Waals surface area contributed by atoms with Gasteiger partial charge in [0.25, 0.3) is 0 Å². The molecule has 1 aromatic heterocycles. The van der Waals surface area contributed by atoms with E-state index in [1.807, 2.05) is 59.2 Å². The Hall–Kier alpha value is -3.25. The molecule has 0 saturated carbocycles. The van der Waals surface area contributed by atoms with Crippen molar-refractivity contribution in [2.75, 3.05) is 5.75 Å². The first kappa shape index (κ1) is 20.0. The summed E-state index contributed by atoms with van der Waals surface area (Å²) in [6, 6.07) is 23.5. The smallest absolute Gasteiger partial charge is 0.196 e. The van der Waals surface area contributed by atoms with Crippen molar-refractivity contribution in [2.24, 2.45) is 0 Å². The van der Waals surface area contributed by atoms with E-state index in [1.54, 1.807) is 12.1 Å². The number of ketones is 1. The van der Waals surface area contributed by atoms with Crippen molar-refractivity contribution < 1.29 is 9.18 Å². The predicted octanol–water partition coefficient (Wildman–Crippen LogP) is 5.61. The van der Waals surface area contributed by atoms with Crippen molar-refractivity contribution in [3.05, 3.63) is 95.8 Å². The standard InChI is InChI=1S/C24H20FN3OS/c1-2-17-8-10-18(11-9-17)22(29)16-30-24-27-26-23(19-12-14-20(25)15-13-19)28(24)21-6-4-3-5-7-21/h3-15H,2,16H2,1H3. The number of thioether (sulfide) groups is 1. The Morgan fingerprint density at radius 2 is 1.63 bits per heavy atom. The van der Waals surface area contributed by atoms with Gasteiger partial charge >= 0.3 is 0 Å². The first-order valence-electron chi connectivity index (χ1n) is 9.67. The van der Waals surface area contributed by atoms with E-state index >= 15 is 0 Å². The first-order valence-corrected chi connectivity index (χ1v) is 10.7. The molecular weight excluding hydrogens is 397 g/mol. The SMILES string of the molecule is CCc1ccc(C(=O)CSc2nnc(-c3ccc(F)cc3)n2-c2ccccc2)cc1. The number of nitrogens with zero attached hydrogens (tertiary/aromatic N) is 3. The molecule has 0 saturated heterocycles. The van der Waals surface area contributed by atoms with Gasteiger partial charge < -0.3 is 0 Å². The monoisotopic (exact) mass is 417 g/mol. The number of carbonyl (C=O) groups excluding carboxylic acids is 1. The number of para-hydroxylation sites is 1. The van der Waals surface area contributed by atoms with Gasteiger partial charge in [-0.15, -0.1) is 10.2 Å². The Labute approximate surface area is 178 Å². The van der Waals surface area contributed by atoms with Gasteiger partial charge in [0.15, 0.2) is 16.8 Å². The lowest BCUT2D eigenvalue weighted by atomic mass is 10.1. The molecule has 0 amide bonds. The van der Waals surface area contributed by atoms with Crippen LogP contribution in [0.2, 0.25) is 0 Å². The topological polar surface area (TPSA) is 47.8 Å². The normalized spacial score (nSPS) is 10.9. The number of hydrogen-bond acceptors (Lipinski definition) is 4. The van der Waals surface area contributed by atoms with E-state index in [-0.39, 0.29) is 17.4 Å². The van der Waals surface area contributed by atoms with Crippen LogP contribution in [0.4, 0.5) is 4.39 Å². The van der Waals surface area contributed by atoms with Crippen LogP contribution in [0, 0.1) is 5.82 Å². The molecule has 0 aliphatic carbocycles. The van der Waals surface area contributed by atoms with E-state index < -0.39 is 0 Å². The molecule has 0 atom stereocenters. The highest BCUT2D eigenvalue weighted by molar-refractivity contribution is 7.99. The molecule has 1 heterocycles. The Bertz CT molecular complexity index is 1140. The summed E-state index contributed by atoms with van der Waals surface area (Å²) in [6.07, 6.45) is 0.940. The molecule has 0 aliphatic heterocycles. The van der Waals surface area contributed by atoms with Crippen LogP contribution in [-0.2, 0) is 6.42 Å². The minimum atomic E-state index is -0.307. The summed E-state index contributed by atoms with van der Waals surface area (Å²) in [6.45, 7) is 2.09. The number of hydrogen-bond donors (Lipinski definition) is 0.